The van der Waals surface area contributed by atoms with Crippen LogP contribution in [0.3, 0.4) is 0 Å². The van der Waals surface area contributed by atoms with Gasteiger partial charge in [0.15, 0.2) is 0 Å². The maximum absolute atomic E-state index is 2.45. The summed E-state index contributed by atoms with van der Waals surface area (Å²) >= 11 is 0. The van der Waals surface area contributed by atoms with Crippen LogP contribution in [0.2, 0.25) is 0 Å². The van der Waals surface area contributed by atoms with Gasteiger partial charge in [-0.05, 0) is 79.3 Å². The first-order chi connectivity index (χ1) is 19.4. The van der Waals surface area contributed by atoms with E-state index in [1.807, 2.05) is 0 Å². The molecule has 8 rings (SSSR count). The molecule has 0 atom stereocenters. The van der Waals surface area contributed by atoms with Crippen molar-refractivity contribution in [1.82, 2.24) is 0 Å². The molecule has 0 N–H and O–H groups in total. The average molecular weight is 497 g/mol. The zero-order valence-electron chi connectivity index (χ0n) is 21.8. The zero-order chi connectivity index (χ0) is 25.8. The maximum atomic E-state index is 2.45. The molecule has 0 aliphatic heterocycles. The number of benzene rings is 6. The first-order valence-corrected chi connectivity index (χ1v) is 13.9. The zero-order valence-corrected chi connectivity index (χ0v) is 21.8. The Morgan fingerprint density at radius 1 is 0.410 bits per heavy atom. The summed E-state index contributed by atoms with van der Waals surface area (Å²) in [6.07, 6.45) is 2.24. The van der Waals surface area contributed by atoms with Crippen LogP contribution >= 0.6 is 0 Å². The minimum Gasteiger partial charge on any atom is -0.0622 e. The van der Waals surface area contributed by atoms with E-state index in [0.717, 1.165) is 12.8 Å². The Morgan fingerprint density at radius 3 is 1.46 bits per heavy atom. The molecule has 6 aromatic carbocycles. The largest absolute Gasteiger partial charge is 0.0719 e. The first kappa shape index (κ1) is 22.3. The quantitative estimate of drug-likeness (QED) is 0.228. The standard InChI is InChI=1S/C39H28/c1-5-13-27(14-6-1)36-33-25-23-28-21-22-29-24-26-34(37(33)35(28)29)39(31-17-9-3-10-18-31,32-19-11-4-12-20-32)38(36)30-15-7-2-8-16-30/h1-20,23-26H,21-22H2. The smallest absolute Gasteiger partial charge is 0.0622 e. The van der Waals surface area contributed by atoms with Crippen LogP contribution in [0.25, 0.3) is 21.9 Å². The van der Waals surface area contributed by atoms with Gasteiger partial charge in [-0.3, -0.25) is 0 Å². The Labute approximate surface area is 229 Å². The van der Waals surface area contributed by atoms with E-state index in [-0.39, 0.29) is 0 Å². The second kappa shape index (κ2) is 8.68. The van der Waals surface area contributed by atoms with Crippen LogP contribution in [0.4, 0.5) is 0 Å². The Kier molecular flexibility index (Phi) is 4.97. The van der Waals surface area contributed by atoms with E-state index in [1.54, 1.807) is 0 Å². The van der Waals surface area contributed by atoms with E-state index in [9.17, 15) is 0 Å². The number of hydrogen-bond acceptors (Lipinski definition) is 0. The highest BCUT2D eigenvalue weighted by Crippen LogP contribution is 2.59. The van der Waals surface area contributed by atoms with Crippen LogP contribution in [0.15, 0.2) is 146 Å². The van der Waals surface area contributed by atoms with Crippen molar-refractivity contribution in [3.63, 3.8) is 0 Å². The van der Waals surface area contributed by atoms with Crippen LogP contribution in [0.1, 0.15) is 44.5 Å². The van der Waals surface area contributed by atoms with E-state index in [1.165, 1.54) is 66.4 Å². The molecule has 0 radical (unpaired) electrons. The molecule has 0 fully saturated rings. The predicted octanol–water partition coefficient (Wildman–Crippen LogP) is 9.25. The molecule has 0 unspecified atom stereocenters. The van der Waals surface area contributed by atoms with Gasteiger partial charge in [-0.2, -0.15) is 0 Å². The van der Waals surface area contributed by atoms with Crippen LogP contribution in [0, 0.1) is 0 Å². The lowest BCUT2D eigenvalue weighted by Crippen LogP contribution is -2.34. The van der Waals surface area contributed by atoms with Gasteiger partial charge >= 0.3 is 0 Å². The van der Waals surface area contributed by atoms with Crippen molar-refractivity contribution >= 4 is 21.9 Å². The lowest BCUT2D eigenvalue weighted by Gasteiger charge is -2.44. The molecule has 2 aliphatic carbocycles. The Bertz CT molecular complexity index is 1810. The number of rotatable bonds is 4. The van der Waals surface area contributed by atoms with Gasteiger partial charge < -0.3 is 0 Å². The normalized spacial score (nSPS) is 15.1. The maximum Gasteiger partial charge on any atom is 0.0719 e. The van der Waals surface area contributed by atoms with E-state index in [2.05, 4.69) is 146 Å². The molecular weight excluding hydrogens is 468 g/mol. The molecule has 0 saturated heterocycles. The fraction of sp³-hybridized carbons (Fsp3) is 0.0769. The van der Waals surface area contributed by atoms with Crippen LogP contribution in [-0.4, -0.2) is 0 Å². The molecule has 0 bridgehead atoms. The summed E-state index contributed by atoms with van der Waals surface area (Å²) in [6.45, 7) is 0. The highest BCUT2D eigenvalue weighted by molar-refractivity contribution is 6.17. The van der Waals surface area contributed by atoms with Crippen molar-refractivity contribution in [2.45, 2.75) is 18.3 Å². The molecule has 0 saturated carbocycles. The van der Waals surface area contributed by atoms with E-state index in [0.29, 0.717) is 0 Å². The fourth-order valence-corrected chi connectivity index (χ4v) is 7.32. The number of allylic oxidation sites excluding steroid dienone is 1. The molecule has 39 heavy (non-hydrogen) atoms. The van der Waals surface area contributed by atoms with Crippen molar-refractivity contribution in [1.29, 1.82) is 0 Å². The summed E-state index contributed by atoms with van der Waals surface area (Å²) in [5, 5.41) is 2.90. The molecule has 2 aliphatic rings. The summed E-state index contributed by atoms with van der Waals surface area (Å²) in [4.78, 5) is 0. The van der Waals surface area contributed by atoms with Crippen molar-refractivity contribution in [2.75, 3.05) is 0 Å². The summed E-state index contributed by atoms with van der Waals surface area (Å²) in [5.41, 5.74) is 13.0. The third kappa shape index (κ3) is 3.12. The van der Waals surface area contributed by atoms with Gasteiger partial charge in [0.2, 0.25) is 0 Å². The summed E-state index contributed by atoms with van der Waals surface area (Å²) in [6, 6.07) is 54.1. The molecule has 0 heterocycles. The van der Waals surface area contributed by atoms with Crippen molar-refractivity contribution in [3.05, 3.63) is 190 Å². The Hall–Kier alpha value is -4.68. The number of aryl methyl sites for hydroxylation is 2. The second-order valence-electron chi connectivity index (χ2n) is 10.8. The van der Waals surface area contributed by atoms with Crippen molar-refractivity contribution in [3.8, 4) is 0 Å². The Balaban J connectivity index is 1.68. The van der Waals surface area contributed by atoms with E-state index >= 15 is 0 Å². The highest BCUT2D eigenvalue weighted by atomic mass is 14.5. The molecule has 0 aromatic heterocycles. The van der Waals surface area contributed by atoms with Crippen LogP contribution in [0.5, 0.6) is 0 Å². The van der Waals surface area contributed by atoms with E-state index in [4.69, 9.17) is 0 Å². The van der Waals surface area contributed by atoms with Gasteiger partial charge in [0.25, 0.3) is 0 Å². The fourth-order valence-electron chi connectivity index (χ4n) is 7.32. The average Bonchev–Trinajstić information content (AvgIpc) is 3.45. The van der Waals surface area contributed by atoms with Gasteiger partial charge in [-0.15, -0.1) is 0 Å². The Morgan fingerprint density at radius 2 is 0.897 bits per heavy atom. The van der Waals surface area contributed by atoms with Gasteiger partial charge in [-0.25, -0.2) is 0 Å². The SMILES string of the molecule is c1ccc(C2=C(c3ccccc3)C(c3ccccc3)(c3ccccc3)c3ccc4c5c(ccc2c35)CC4)cc1. The highest BCUT2D eigenvalue weighted by Gasteiger charge is 2.47. The molecule has 0 amide bonds. The molecule has 184 valence electrons. The lowest BCUT2D eigenvalue weighted by atomic mass is 9.57. The van der Waals surface area contributed by atoms with Gasteiger partial charge in [-0.1, -0.05) is 146 Å². The van der Waals surface area contributed by atoms with Crippen molar-refractivity contribution < 1.29 is 0 Å². The lowest BCUT2D eigenvalue weighted by molar-refractivity contribution is 0.806. The predicted molar refractivity (Wildman–Crippen MR) is 163 cm³/mol. The summed E-state index contributed by atoms with van der Waals surface area (Å²) in [5.74, 6) is 0. The summed E-state index contributed by atoms with van der Waals surface area (Å²) < 4.78 is 0. The molecule has 0 spiro atoms. The second-order valence-corrected chi connectivity index (χ2v) is 10.8. The minimum atomic E-state index is -0.484. The van der Waals surface area contributed by atoms with Gasteiger partial charge in [0, 0.05) is 0 Å². The van der Waals surface area contributed by atoms with E-state index < -0.39 is 5.41 Å². The van der Waals surface area contributed by atoms with Crippen LogP contribution < -0.4 is 0 Å². The third-order valence-corrected chi connectivity index (χ3v) is 8.83. The third-order valence-electron chi connectivity index (χ3n) is 8.83. The van der Waals surface area contributed by atoms with Gasteiger partial charge in [0.05, 0.1) is 5.41 Å². The monoisotopic (exact) mass is 496 g/mol. The minimum absolute atomic E-state index is 0.484. The molecule has 0 heteroatoms. The van der Waals surface area contributed by atoms with Crippen molar-refractivity contribution in [2.24, 2.45) is 0 Å². The topological polar surface area (TPSA) is 0 Å². The number of hydrogen-bond donors (Lipinski definition) is 0. The first-order valence-electron chi connectivity index (χ1n) is 13.9. The summed E-state index contributed by atoms with van der Waals surface area (Å²) in [7, 11) is 0. The molecule has 6 aromatic rings. The van der Waals surface area contributed by atoms with Crippen LogP contribution in [-0.2, 0) is 18.3 Å². The van der Waals surface area contributed by atoms with Gasteiger partial charge in [0.1, 0.15) is 0 Å². The molecule has 0 nitrogen and oxygen atoms in total. The molecular formula is C39H28.